The third-order valence-corrected chi connectivity index (χ3v) is 7.09. The van der Waals surface area contributed by atoms with Crippen LogP contribution in [0.25, 0.3) is 22.4 Å². The summed E-state index contributed by atoms with van der Waals surface area (Å²) in [7, 11) is 0. The number of nitrogens with one attached hydrogen (secondary N) is 1. The summed E-state index contributed by atoms with van der Waals surface area (Å²) in [6, 6.07) is 7.38. The maximum atomic E-state index is 9.86. The topological polar surface area (TPSA) is 100 Å². The highest BCUT2D eigenvalue weighted by Gasteiger charge is 2.28. The number of ether oxygens (including phenoxy) is 1. The smallest absolute Gasteiger partial charge is 0.261 e. The predicted molar refractivity (Wildman–Crippen MR) is 131 cm³/mol. The van der Waals surface area contributed by atoms with Gasteiger partial charge in [-0.15, -0.1) is 0 Å². The van der Waals surface area contributed by atoms with Gasteiger partial charge in [0.15, 0.2) is 5.82 Å². The van der Waals surface area contributed by atoms with Crippen LogP contribution in [0.4, 0.5) is 5.82 Å². The van der Waals surface area contributed by atoms with E-state index in [0.717, 1.165) is 85.4 Å². The van der Waals surface area contributed by atoms with E-state index in [9.17, 15) is 5.26 Å². The lowest BCUT2D eigenvalue weighted by Gasteiger charge is -2.36. The van der Waals surface area contributed by atoms with Crippen molar-refractivity contribution in [2.75, 3.05) is 31.2 Å². The van der Waals surface area contributed by atoms with E-state index in [1.54, 1.807) is 0 Å². The van der Waals surface area contributed by atoms with Gasteiger partial charge in [-0.05, 0) is 69.2 Å². The zero-order valence-electron chi connectivity index (χ0n) is 20.2. The molecule has 8 nitrogen and oxygen atoms in total. The van der Waals surface area contributed by atoms with Gasteiger partial charge in [-0.2, -0.15) is 10.2 Å². The molecule has 0 spiro atoms. The summed E-state index contributed by atoms with van der Waals surface area (Å²) in [4.78, 5) is 11.9. The van der Waals surface area contributed by atoms with Crippen molar-refractivity contribution in [3.05, 3.63) is 34.6 Å². The molecule has 3 aromatic rings. The van der Waals surface area contributed by atoms with Crippen molar-refractivity contribution in [1.29, 1.82) is 5.26 Å². The first-order valence-corrected chi connectivity index (χ1v) is 12.3. The van der Waals surface area contributed by atoms with E-state index in [4.69, 9.17) is 14.2 Å². The highest BCUT2D eigenvalue weighted by Crippen LogP contribution is 2.38. The van der Waals surface area contributed by atoms with Crippen molar-refractivity contribution in [3.63, 3.8) is 0 Å². The van der Waals surface area contributed by atoms with Crippen molar-refractivity contribution in [2.24, 2.45) is 0 Å². The molecule has 4 heterocycles. The Balaban J connectivity index is 1.51. The molecule has 0 aliphatic carbocycles. The molecule has 2 aromatic heterocycles. The monoisotopic (exact) mass is 460 g/mol. The van der Waals surface area contributed by atoms with E-state index in [1.807, 2.05) is 13.0 Å². The average molecular weight is 461 g/mol. The molecule has 178 valence electrons. The molecule has 0 radical (unpaired) electrons. The minimum atomic E-state index is 0.453. The minimum absolute atomic E-state index is 0.453. The lowest BCUT2D eigenvalue weighted by molar-refractivity contribution is 0.0650. The van der Waals surface area contributed by atoms with Crippen LogP contribution in [0.5, 0.6) is 0 Å². The summed E-state index contributed by atoms with van der Waals surface area (Å²) in [6.45, 7) is 9.43. The fraction of sp³-hybridized carbons (Fsp3) is 0.538. The standard InChI is InChI=1S/C26H32N6O2/c1-4-18-12-19(14-27)24-22(13-18)16(2)23(26-28-17(3)31-34-26)25(30-24)32-9-7-20(8-10-32)29-21-6-5-11-33-15-21/h12-13,20-21,29H,4-11,15H2,1-3H3/t21-/m0/s1. The van der Waals surface area contributed by atoms with Gasteiger partial charge in [-0.1, -0.05) is 12.1 Å². The Hall–Kier alpha value is -3.02. The second-order valence-corrected chi connectivity index (χ2v) is 9.43. The first-order valence-electron chi connectivity index (χ1n) is 12.3. The number of nitrogens with zero attached hydrogens (tertiary/aromatic N) is 5. The highest BCUT2D eigenvalue weighted by molar-refractivity contribution is 5.95. The largest absolute Gasteiger partial charge is 0.380 e. The summed E-state index contributed by atoms with van der Waals surface area (Å²) < 4.78 is 11.3. The fourth-order valence-corrected chi connectivity index (χ4v) is 5.20. The van der Waals surface area contributed by atoms with Gasteiger partial charge < -0.3 is 19.5 Å². The number of hydrogen-bond acceptors (Lipinski definition) is 8. The van der Waals surface area contributed by atoms with Crippen LogP contribution < -0.4 is 10.2 Å². The van der Waals surface area contributed by atoms with Gasteiger partial charge >= 0.3 is 0 Å². The molecule has 0 amide bonds. The first-order chi connectivity index (χ1) is 16.6. The molecule has 5 rings (SSSR count). The van der Waals surface area contributed by atoms with Gasteiger partial charge in [-0.25, -0.2) is 4.98 Å². The average Bonchev–Trinajstić information content (AvgIpc) is 3.30. The molecule has 2 saturated heterocycles. The van der Waals surface area contributed by atoms with Crippen LogP contribution in [-0.2, 0) is 11.2 Å². The normalized spacial score (nSPS) is 19.5. The van der Waals surface area contributed by atoms with Gasteiger partial charge in [0.1, 0.15) is 11.9 Å². The Morgan fingerprint density at radius 3 is 2.62 bits per heavy atom. The van der Waals surface area contributed by atoms with E-state index >= 15 is 0 Å². The molecule has 2 aliphatic heterocycles. The quantitative estimate of drug-likeness (QED) is 0.608. The van der Waals surface area contributed by atoms with Crippen molar-refractivity contribution in [1.82, 2.24) is 20.4 Å². The number of rotatable bonds is 5. The van der Waals surface area contributed by atoms with Crippen LogP contribution >= 0.6 is 0 Å². The number of aromatic nitrogens is 3. The summed E-state index contributed by atoms with van der Waals surface area (Å²) in [6.07, 6.45) is 5.22. The summed E-state index contributed by atoms with van der Waals surface area (Å²) in [5.41, 5.74) is 4.37. The van der Waals surface area contributed by atoms with Crippen molar-refractivity contribution >= 4 is 16.7 Å². The number of benzene rings is 1. The number of anilines is 1. The number of hydrogen-bond donors (Lipinski definition) is 1. The van der Waals surface area contributed by atoms with E-state index in [-0.39, 0.29) is 0 Å². The Morgan fingerprint density at radius 1 is 1.15 bits per heavy atom. The van der Waals surface area contributed by atoms with Crippen LogP contribution in [0.2, 0.25) is 0 Å². The fourth-order valence-electron chi connectivity index (χ4n) is 5.20. The van der Waals surface area contributed by atoms with E-state index in [0.29, 0.717) is 29.4 Å². The van der Waals surface area contributed by atoms with Crippen LogP contribution in [0.1, 0.15) is 55.1 Å². The predicted octanol–water partition coefficient (Wildman–Crippen LogP) is 4.07. The second kappa shape index (κ2) is 9.69. The molecule has 2 aliphatic rings. The van der Waals surface area contributed by atoms with Crippen LogP contribution in [0, 0.1) is 25.2 Å². The lowest BCUT2D eigenvalue weighted by atomic mass is 9.96. The molecule has 1 N–H and O–H groups in total. The highest BCUT2D eigenvalue weighted by atomic mass is 16.5. The molecule has 2 fully saturated rings. The maximum Gasteiger partial charge on any atom is 0.261 e. The van der Waals surface area contributed by atoms with Crippen molar-refractivity contribution in [3.8, 4) is 17.5 Å². The van der Waals surface area contributed by atoms with Gasteiger partial charge in [0.25, 0.3) is 5.89 Å². The summed E-state index contributed by atoms with van der Waals surface area (Å²) >= 11 is 0. The third kappa shape index (κ3) is 4.38. The Labute approximate surface area is 200 Å². The van der Waals surface area contributed by atoms with Crippen LogP contribution in [0.15, 0.2) is 16.7 Å². The number of fused-ring (bicyclic) bond motifs is 1. The van der Waals surface area contributed by atoms with Gasteiger partial charge in [0.05, 0.1) is 23.3 Å². The molecule has 8 heteroatoms. The van der Waals surface area contributed by atoms with Gasteiger partial charge in [0, 0.05) is 37.2 Å². The van der Waals surface area contributed by atoms with Gasteiger partial charge in [-0.3, -0.25) is 0 Å². The first kappa shape index (κ1) is 22.8. The molecule has 0 bridgehead atoms. The number of piperidine rings is 1. The van der Waals surface area contributed by atoms with Crippen LogP contribution in [-0.4, -0.2) is 53.5 Å². The molecule has 0 unspecified atom stereocenters. The van der Waals surface area contributed by atoms with E-state index in [1.165, 1.54) is 6.42 Å². The van der Waals surface area contributed by atoms with Crippen LogP contribution in [0.3, 0.4) is 0 Å². The number of nitriles is 1. The molecule has 0 saturated carbocycles. The van der Waals surface area contributed by atoms with E-state index < -0.39 is 0 Å². The Morgan fingerprint density at radius 2 is 1.97 bits per heavy atom. The molecule has 1 aromatic carbocycles. The van der Waals surface area contributed by atoms with E-state index in [2.05, 4.69) is 46.3 Å². The molecule has 34 heavy (non-hydrogen) atoms. The van der Waals surface area contributed by atoms with Crippen molar-refractivity contribution < 1.29 is 9.26 Å². The minimum Gasteiger partial charge on any atom is -0.380 e. The third-order valence-electron chi connectivity index (χ3n) is 7.09. The molecule has 1 atom stereocenters. The summed E-state index contributed by atoms with van der Waals surface area (Å²) in [5.74, 6) is 1.91. The zero-order chi connectivity index (χ0) is 23.7. The number of aryl methyl sites for hydroxylation is 3. The lowest BCUT2D eigenvalue weighted by Crippen LogP contribution is -2.48. The maximum absolute atomic E-state index is 9.86. The summed E-state index contributed by atoms with van der Waals surface area (Å²) in [5, 5.41) is 18.7. The Kier molecular flexibility index (Phi) is 6.48. The second-order valence-electron chi connectivity index (χ2n) is 9.43. The molecular weight excluding hydrogens is 428 g/mol. The number of pyridine rings is 1. The Bertz CT molecular complexity index is 1220. The SMILES string of the molecule is CCc1cc(C#N)c2nc(N3CCC(N[C@H]4CCCOC4)CC3)c(-c3nc(C)no3)c(C)c2c1. The molecular formula is C26H32N6O2. The van der Waals surface area contributed by atoms with Crippen molar-refractivity contribution in [2.45, 2.75) is 65.0 Å². The zero-order valence-corrected chi connectivity index (χ0v) is 20.2. The van der Waals surface area contributed by atoms with Gasteiger partial charge in [0.2, 0.25) is 0 Å².